The molecule has 0 aliphatic carbocycles. The van der Waals surface area contributed by atoms with Crippen molar-refractivity contribution in [2.24, 2.45) is 11.3 Å². The number of methoxy groups -OCH3 is 1. The summed E-state index contributed by atoms with van der Waals surface area (Å²) >= 11 is 5.91. The highest BCUT2D eigenvalue weighted by Gasteiger charge is 2.37. The van der Waals surface area contributed by atoms with E-state index < -0.39 is 0 Å². The van der Waals surface area contributed by atoms with Crippen LogP contribution in [0.1, 0.15) is 19.3 Å². The normalized spacial score (nSPS) is 22.5. The van der Waals surface area contributed by atoms with E-state index in [-0.39, 0.29) is 29.6 Å². The lowest BCUT2D eigenvalue weighted by Gasteiger charge is -2.37. The SMILES string of the molecule is COCC1(CNC(=O)C2CC(=O)N(c3ccc(Cl)cc3)C2)CCNCC1. The highest BCUT2D eigenvalue weighted by Crippen LogP contribution is 2.29. The summed E-state index contributed by atoms with van der Waals surface area (Å²) in [7, 11) is 1.70. The number of piperidine rings is 1. The van der Waals surface area contributed by atoms with E-state index in [2.05, 4.69) is 10.6 Å². The third-order valence-electron chi connectivity index (χ3n) is 5.39. The summed E-state index contributed by atoms with van der Waals surface area (Å²) in [5.41, 5.74) is 0.762. The van der Waals surface area contributed by atoms with Crippen molar-refractivity contribution >= 4 is 29.1 Å². The molecule has 26 heavy (non-hydrogen) atoms. The first-order valence-corrected chi connectivity index (χ1v) is 9.44. The van der Waals surface area contributed by atoms with Crippen LogP contribution in [-0.2, 0) is 14.3 Å². The van der Waals surface area contributed by atoms with Crippen molar-refractivity contribution < 1.29 is 14.3 Å². The number of amides is 2. The van der Waals surface area contributed by atoms with E-state index in [0.717, 1.165) is 31.6 Å². The molecule has 1 aromatic carbocycles. The maximum absolute atomic E-state index is 12.6. The number of benzene rings is 1. The molecule has 3 rings (SSSR count). The molecule has 0 radical (unpaired) electrons. The Hall–Kier alpha value is -1.63. The van der Waals surface area contributed by atoms with E-state index in [9.17, 15) is 9.59 Å². The monoisotopic (exact) mass is 379 g/mol. The molecule has 0 bridgehead atoms. The highest BCUT2D eigenvalue weighted by atomic mass is 35.5. The molecule has 2 aliphatic rings. The third kappa shape index (κ3) is 4.37. The zero-order valence-electron chi connectivity index (χ0n) is 15.1. The predicted octanol–water partition coefficient (Wildman–Crippen LogP) is 1.83. The van der Waals surface area contributed by atoms with Crippen LogP contribution in [0, 0.1) is 11.3 Å². The van der Waals surface area contributed by atoms with Gasteiger partial charge in [0.05, 0.1) is 12.5 Å². The van der Waals surface area contributed by atoms with Crippen LogP contribution in [0.5, 0.6) is 0 Å². The van der Waals surface area contributed by atoms with Crippen molar-refractivity contribution in [3.05, 3.63) is 29.3 Å². The summed E-state index contributed by atoms with van der Waals surface area (Å²) in [6.07, 6.45) is 2.19. The van der Waals surface area contributed by atoms with Crippen LogP contribution in [0.15, 0.2) is 24.3 Å². The van der Waals surface area contributed by atoms with Crippen LogP contribution in [0.2, 0.25) is 5.02 Å². The largest absolute Gasteiger partial charge is 0.384 e. The molecule has 0 spiro atoms. The maximum atomic E-state index is 12.6. The van der Waals surface area contributed by atoms with Crippen LogP contribution < -0.4 is 15.5 Å². The molecule has 2 amide bonds. The van der Waals surface area contributed by atoms with Crippen molar-refractivity contribution in [1.29, 1.82) is 0 Å². The standard InChI is InChI=1S/C19H26ClN3O3/c1-26-13-19(6-8-21-9-7-19)12-22-18(25)14-10-17(24)23(11-14)16-4-2-15(20)3-5-16/h2-5,14,21H,6-13H2,1H3,(H,22,25). The summed E-state index contributed by atoms with van der Waals surface area (Å²) in [6, 6.07) is 7.12. The molecule has 1 atom stereocenters. The minimum absolute atomic E-state index is 0.0197. The number of halogens is 1. The third-order valence-corrected chi connectivity index (χ3v) is 5.64. The van der Waals surface area contributed by atoms with Gasteiger partial charge in [-0.3, -0.25) is 9.59 Å². The zero-order chi connectivity index (χ0) is 18.6. The second-order valence-electron chi connectivity index (χ2n) is 7.28. The Morgan fingerprint density at radius 3 is 2.69 bits per heavy atom. The molecular formula is C19H26ClN3O3. The second kappa shape index (κ2) is 8.37. The molecule has 6 nitrogen and oxygen atoms in total. The van der Waals surface area contributed by atoms with Crippen LogP contribution in [0.3, 0.4) is 0 Å². The fourth-order valence-electron chi connectivity index (χ4n) is 3.81. The topological polar surface area (TPSA) is 70.7 Å². The highest BCUT2D eigenvalue weighted by molar-refractivity contribution is 6.30. The van der Waals surface area contributed by atoms with E-state index in [1.165, 1.54) is 0 Å². The number of anilines is 1. The van der Waals surface area contributed by atoms with Gasteiger partial charge < -0.3 is 20.3 Å². The van der Waals surface area contributed by atoms with Gasteiger partial charge in [0.25, 0.3) is 0 Å². The molecule has 142 valence electrons. The second-order valence-corrected chi connectivity index (χ2v) is 7.72. The van der Waals surface area contributed by atoms with Gasteiger partial charge in [0.2, 0.25) is 11.8 Å². The average molecular weight is 380 g/mol. The van der Waals surface area contributed by atoms with Gasteiger partial charge in [-0.2, -0.15) is 0 Å². The van der Waals surface area contributed by atoms with Crippen LogP contribution in [-0.4, -0.2) is 51.7 Å². The summed E-state index contributed by atoms with van der Waals surface area (Å²) in [5.74, 6) is -0.399. The maximum Gasteiger partial charge on any atom is 0.227 e. The first-order chi connectivity index (χ1) is 12.5. The molecule has 0 aromatic heterocycles. The number of hydrogen-bond donors (Lipinski definition) is 2. The number of carbonyl (C=O) groups is 2. The molecule has 2 heterocycles. The zero-order valence-corrected chi connectivity index (χ0v) is 15.8. The van der Waals surface area contributed by atoms with E-state index in [1.54, 1.807) is 24.1 Å². The van der Waals surface area contributed by atoms with Crippen molar-refractivity contribution in [2.45, 2.75) is 19.3 Å². The summed E-state index contributed by atoms with van der Waals surface area (Å²) < 4.78 is 5.39. The van der Waals surface area contributed by atoms with Crippen molar-refractivity contribution in [3.63, 3.8) is 0 Å². The first-order valence-electron chi connectivity index (χ1n) is 9.06. The summed E-state index contributed by atoms with van der Waals surface area (Å²) in [5, 5.41) is 7.05. The Labute approximate surface area is 159 Å². The van der Waals surface area contributed by atoms with E-state index in [1.807, 2.05) is 12.1 Å². The summed E-state index contributed by atoms with van der Waals surface area (Å²) in [4.78, 5) is 26.6. The lowest BCUT2D eigenvalue weighted by molar-refractivity contribution is -0.127. The molecule has 1 unspecified atom stereocenters. The number of hydrogen-bond acceptors (Lipinski definition) is 4. The van der Waals surface area contributed by atoms with Crippen molar-refractivity contribution in [3.8, 4) is 0 Å². The Balaban J connectivity index is 1.58. The fourth-order valence-corrected chi connectivity index (χ4v) is 3.93. The van der Waals surface area contributed by atoms with Crippen molar-refractivity contribution in [2.75, 3.05) is 44.8 Å². The Kier molecular flexibility index (Phi) is 6.16. The summed E-state index contributed by atoms with van der Waals surface area (Å²) in [6.45, 7) is 3.50. The van der Waals surface area contributed by atoms with Gasteiger partial charge >= 0.3 is 0 Å². The van der Waals surface area contributed by atoms with Gasteiger partial charge in [-0.05, 0) is 50.2 Å². The fraction of sp³-hybridized carbons (Fsp3) is 0.579. The lowest BCUT2D eigenvalue weighted by atomic mass is 9.79. The van der Waals surface area contributed by atoms with Gasteiger partial charge in [-0.25, -0.2) is 0 Å². The minimum Gasteiger partial charge on any atom is -0.384 e. The van der Waals surface area contributed by atoms with E-state index >= 15 is 0 Å². The predicted molar refractivity (Wildman–Crippen MR) is 101 cm³/mol. The van der Waals surface area contributed by atoms with Gasteiger partial charge in [-0.1, -0.05) is 11.6 Å². The number of rotatable bonds is 6. The number of carbonyl (C=O) groups excluding carboxylic acids is 2. The molecule has 2 saturated heterocycles. The molecule has 0 saturated carbocycles. The quantitative estimate of drug-likeness (QED) is 0.791. The first kappa shape index (κ1) is 19.1. The number of nitrogens with zero attached hydrogens (tertiary/aromatic N) is 1. The van der Waals surface area contributed by atoms with Gasteiger partial charge in [-0.15, -0.1) is 0 Å². The molecule has 1 aromatic rings. The van der Waals surface area contributed by atoms with Crippen LogP contribution in [0.4, 0.5) is 5.69 Å². The Morgan fingerprint density at radius 2 is 2.04 bits per heavy atom. The number of nitrogens with one attached hydrogen (secondary N) is 2. The average Bonchev–Trinajstić information content (AvgIpc) is 3.03. The molecule has 2 aliphatic heterocycles. The van der Waals surface area contributed by atoms with Crippen LogP contribution in [0.25, 0.3) is 0 Å². The van der Waals surface area contributed by atoms with Crippen LogP contribution >= 0.6 is 11.6 Å². The van der Waals surface area contributed by atoms with Gasteiger partial charge in [0, 0.05) is 42.7 Å². The van der Waals surface area contributed by atoms with Crippen molar-refractivity contribution in [1.82, 2.24) is 10.6 Å². The molecule has 2 N–H and O–H groups in total. The van der Waals surface area contributed by atoms with Gasteiger partial charge in [0.15, 0.2) is 0 Å². The molecule has 2 fully saturated rings. The Morgan fingerprint density at radius 1 is 1.35 bits per heavy atom. The Bertz CT molecular complexity index is 638. The number of ether oxygens (including phenoxy) is 1. The van der Waals surface area contributed by atoms with Gasteiger partial charge in [0.1, 0.15) is 0 Å². The smallest absolute Gasteiger partial charge is 0.227 e. The van der Waals surface area contributed by atoms with E-state index in [0.29, 0.717) is 24.7 Å². The molecular weight excluding hydrogens is 354 g/mol. The van der Waals surface area contributed by atoms with E-state index in [4.69, 9.17) is 16.3 Å². The molecule has 7 heteroatoms. The lowest BCUT2D eigenvalue weighted by Crippen LogP contribution is -2.48. The minimum atomic E-state index is -0.320.